The van der Waals surface area contributed by atoms with Crippen LogP contribution in [0.1, 0.15) is 12.2 Å². The van der Waals surface area contributed by atoms with Crippen molar-refractivity contribution in [2.75, 3.05) is 7.11 Å². The molecule has 2 aromatic rings. The number of carboxylic acids is 1. The van der Waals surface area contributed by atoms with E-state index < -0.39 is 5.97 Å². The molecule has 0 unspecified atom stereocenters. The molecule has 1 aromatic carbocycles. The molecule has 106 valence electrons. The summed E-state index contributed by atoms with van der Waals surface area (Å²) in [6.45, 7) is 0.333. The van der Waals surface area contributed by atoms with Crippen molar-refractivity contribution in [2.24, 2.45) is 0 Å². The predicted molar refractivity (Wildman–Crippen MR) is 67.4 cm³/mol. The molecule has 1 aromatic heterocycles. The van der Waals surface area contributed by atoms with Crippen molar-refractivity contribution in [3.05, 3.63) is 30.1 Å². The van der Waals surface area contributed by atoms with Crippen LogP contribution in [0.3, 0.4) is 0 Å². The van der Waals surface area contributed by atoms with Gasteiger partial charge in [0, 0.05) is 0 Å². The van der Waals surface area contributed by atoms with Gasteiger partial charge in [0.25, 0.3) is 0 Å². The molecule has 0 bridgehead atoms. The number of carboxylic acid groups (broad SMARTS) is 1. The summed E-state index contributed by atoms with van der Waals surface area (Å²) in [5, 5.41) is 19.7. The van der Waals surface area contributed by atoms with Gasteiger partial charge in [-0.25, -0.2) is 4.68 Å². The number of tetrazole rings is 1. The number of benzene rings is 1. The Morgan fingerprint density at radius 2 is 2.10 bits per heavy atom. The van der Waals surface area contributed by atoms with Crippen LogP contribution in [0.2, 0.25) is 0 Å². The third kappa shape index (κ3) is 3.44. The third-order valence-corrected chi connectivity index (χ3v) is 2.57. The minimum Gasteiger partial charge on any atom is -0.493 e. The number of rotatable bonds is 7. The van der Waals surface area contributed by atoms with Crippen LogP contribution in [-0.2, 0) is 17.9 Å². The Kier molecular flexibility index (Phi) is 4.48. The second-order valence-corrected chi connectivity index (χ2v) is 3.90. The number of methoxy groups -OCH3 is 1. The van der Waals surface area contributed by atoms with E-state index in [0.717, 1.165) is 0 Å². The van der Waals surface area contributed by atoms with Crippen molar-refractivity contribution in [1.29, 1.82) is 0 Å². The maximum atomic E-state index is 10.5. The third-order valence-electron chi connectivity index (χ3n) is 2.57. The number of ether oxygens (including phenoxy) is 2. The Hall–Kier alpha value is -2.64. The molecule has 0 saturated heterocycles. The summed E-state index contributed by atoms with van der Waals surface area (Å²) in [7, 11) is 1.55. The maximum absolute atomic E-state index is 10.5. The van der Waals surface area contributed by atoms with Gasteiger partial charge in [-0.15, -0.1) is 5.10 Å². The Morgan fingerprint density at radius 3 is 2.80 bits per heavy atom. The number of aromatic nitrogens is 4. The normalized spacial score (nSPS) is 10.2. The second kappa shape index (κ2) is 6.50. The maximum Gasteiger partial charge on any atom is 0.305 e. The molecule has 8 nitrogen and oxygen atoms in total. The van der Waals surface area contributed by atoms with E-state index >= 15 is 0 Å². The van der Waals surface area contributed by atoms with E-state index in [1.807, 2.05) is 12.1 Å². The van der Waals surface area contributed by atoms with Crippen LogP contribution < -0.4 is 9.47 Å². The van der Waals surface area contributed by atoms with Gasteiger partial charge in [-0.3, -0.25) is 4.79 Å². The summed E-state index contributed by atoms with van der Waals surface area (Å²) < 4.78 is 12.2. The highest BCUT2D eigenvalue weighted by Gasteiger charge is 2.10. The number of hydrogen-bond acceptors (Lipinski definition) is 6. The highest BCUT2D eigenvalue weighted by atomic mass is 16.5. The number of carbonyl (C=O) groups is 1. The summed E-state index contributed by atoms with van der Waals surface area (Å²) in [4.78, 5) is 10.5. The number of aliphatic carboxylic acids is 1. The van der Waals surface area contributed by atoms with Crippen LogP contribution in [0, 0.1) is 0 Å². The molecule has 8 heteroatoms. The molecule has 0 spiro atoms. The van der Waals surface area contributed by atoms with E-state index in [9.17, 15) is 4.79 Å². The van der Waals surface area contributed by atoms with Gasteiger partial charge in [-0.1, -0.05) is 12.1 Å². The molecule has 0 radical (unpaired) electrons. The molecule has 1 N–H and O–H groups in total. The van der Waals surface area contributed by atoms with Gasteiger partial charge in [-0.2, -0.15) is 0 Å². The van der Waals surface area contributed by atoms with Crippen LogP contribution in [-0.4, -0.2) is 38.4 Å². The zero-order valence-corrected chi connectivity index (χ0v) is 10.9. The fraction of sp³-hybridized carbons (Fsp3) is 0.333. The smallest absolute Gasteiger partial charge is 0.305 e. The summed E-state index contributed by atoms with van der Waals surface area (Å²) in [6, 6.07) is 7.21. The molecule has 0 aliphatic rings. The van der Waals surface area contributed by atoms with Crippen molar-refractivity contribution >= 4 is 5.97 Å². The number of aryl methyl sites for hydroxylation is 1. The lowest BCUT2D eigenvalue weighted by molar-refractivity contribution is -0.137. The first kappa shape index (κ1) is 13.8. The molecule has 2 rings (SSSR count). The summed E-state index contributed by atoms with van der Waals surface area (Å²) >= 11 is 0. The van der Waals surface area contributed by atoms with Gasteiger partial charge >= 0.3 is 5.97 Å². The fourth-order valence-electron chi connectivity index (χ4n) is 1.58. The molecule has 0 saturated carbocycles. The van der Waals surface area contributed by atoms with E-state index in [4.69, 9.17) is 14.6 Å². The molecule has 0 amide bonds. The number of nitrogens with zero attached hydrogens (tertiary/aromatic N) is 4. The zero-order chi connectivity index (χ0) is 14.4. The largest absolute Gasteiger partial charge is 0.493 e. The van der Waals surface area contributed by atoms with E-state index in [1.54, 1.807) is 19.2 Å². The molecule has 0 fully saturated rings. The first-order chi connectivity index (χ1) is 9.70. The van der Waals surface area contributed by atoms with Crippen molar-refractivity contribution in [2.45, 2.75) is 19.6 Å². The van der Waals surface area contributed by atoms with Crippen molar-refractivity contribution < 1.29 is 19.4 Å². The summed E-state index contributed by atoms with van der Waals surface area (Å²) in [6.07, 6.45) is -0.0489. The quantitative estimate of drug-likeness (QED) is 0.797. The van der Waals surface area contributed by atoms with Gasteiger partial charge in [-0.05, 0) is 22.6 Å². The Morgan fingerprint density at radius 1 is 1.35 bits per heavy atom. The van der Waals surface area contributed by atoms with Crippen LogP contribution in [0.5, 0.6) is 11.5 Å². The lowest BCUT2D eigenvalue weighted by Crippen LogP contribution is -2.11. The van der Waals surface area contributed by atoms with Crippen molar-refractivity contribution in [1.82, 2.24) is 20.2 Å². The van der Waals surface area contributed by atoms with E-state index in [-0.39, 0.29) is 19.6 Å². The number of hydrogen-bond donors (Lipinski definition) is 1. The molecule has 20 heavy (non-hydrogen) atoms. The average molecular weight is 278 g/mol. The topological polar surface area (TPSA) is 99.4 Å². The van der Waals surface area contributed by atoms with E-state index in [1.165, 1.54) is 4.68 Å². The molecule has 1 heterocycles. The minimum absolute atomic E-state index is 0.0489. The van der Waals surface area contributed by atoms with Crippen molar-refractivity contribution in [3.63, 3.8) is 0 Å². The second-order valence-electron chi connectivity index (χ2n) is 3.90. The van der Waals surface area contributed by atoms with Crippen molar-refractivity contribution in [3.8, 4) is 11.5 Å². The van der Waals surface area contributed by atoms with Gasteiger partial charge in [0.2, 0.25) is 0 Å². The van der Waals surface area contributed by atoms with E-state index in [2.05, 4.69) is 15.5 Å². The lowest BCUT2D eigenvalue weighted by Gasteiger charge is -2.09. The SMILES string of the molecule is COc1ccccc1OCc1nnnn1CCC(=O)O. The lowest BCUT2D eigenvalue weighted by atomic mass is 10.3. The fourth-order valence-corrected chi connectivity index (χ4v) is 1.58. The van der Waals surface area contributed by atoms with E-state index in [0.29, 0.717) is 17.3 Å². The first-order valence-corrected chi connectivity index (χ1v) is 5.93. The molecule has 0 aliphatic carbocycles. The van der Waals surface area contributed by atoms with Crippen LogP contribution >= 0.6 is 0 Å². The number of para-hydroxylation sites is 2. The van der Waals surface area contributed by atoms with Gasteiger partial charge in [0.05, 0.1) is 20.1 Å². The Balaban J connectivity index is 2.00. The highest BCUT2D eigenvalue weighted by Crippen LogP contribution is 2.26. The summed E-state index contributed by atoms with van der Waals surface area (Å²) in [5.74, 6) is 0.731. The highest BCUT2D eigenvalue weighted by molar-refractivity contribution is 5.66. The predicted octanol–water partition coefficient (Wildman–Crippen LogP) is 0.735. The van der Waals surface area contributed by atoms with Gasteiger partial charge in [0.1, 0.15) is 6.61 Å². The first-order valence-electron chi connectivity index (χ1n) is 5.93. The van der Waals surface area contributed by atoms with Gasteiger partial charge in [0.15, 0.2) is 17.3 Å². The van der Waals surface area contributed by atoms with Crippen LogP contribution in [0.15, 0.2) is 24.3 Å². The average Bonchev–Trinajstić information content (AvgIpc) is 2.90. The Bertz CT molecular complexity index is 584. The monoisotopic (exact) mass is 278 g/mol. The van der Waals surface area contributed by atoms with Crippen LogP contribution in [0.25, 0.3) is 0 Å². The molecular weight excluding hydrogens is 264 g/mol. The Labute approximate surface area is 114 Å². The zero-order valence-electron chi connectivity index (χ0n) is 10.9. The standard InChI is InChI=1S/C12H14N4O4/c1-19-9-4-2-3-5-10(9)20-8-11-13-14-15-16(11)7-6-12(17)18/h2-5H,6-8H2,1H3,(H,17,18). The molecule has 0 aliphatic heterocycles. The summed E-state index contributed by atoms with van der Waals surface area (Å²) in [5.41, 5.74) is 0. The van der Waals surface area contributed by atoms with Crippen LogP contribution in [0.4, 0.5) is 0 Å². The molecule has 0 atom stereocenters. The molecular formula is C12H14N4O4. The van der Waals surface area contributed by atoms with Gasteiger partial charge < -0.3 is 14.6 Å². The minimum atomic E-state index is -0.905.